The number of carbonyl (C=O) groups is 1. The van der Waals surface area contributed by atoms with Gasteiger partial charge in [0.05, 0.1) is 0 Å². The predicted octanol–water partition coefficient (Wildman–Crippen LogP) is 1.58. The van der Waals surface area contributed by atoms with Crippen LogP contribution in [0.2, 0.25) is 0 Å². The number of fused-ring (bicyclic) bond motifs is 1. The Balaban J connectivity index is 1.20. The zero-order valence-electron chi connectivity index (χ0n) is 15.8. The molecule has 142 valence electrons. The average Bonchev–Trinajstić information content (AvgIpc) is 3.21. The van der Waals surface area contributed by atoms with E-state index in [2.05, 4.69) is 44.9 Å². The number of nitrogens with zero attached hydrogens (tertiary/aromatic N) is 2. The summed E-state index contributed by atoms with van der Waals surface area (Å²) < 4.78 is 0. The molecule has 1 unspecified atom stereocenters. The minimum atomic E-state index is 0.359. The normalized spacial score (nSPS) is 24.6. The topological polar surface area (TPSA) is 47.6 Å². The maximum Gasteiger partial charge on any atom is 0.222 e. The van der Waals surface area contributed by atoms with Crippen LogP contribution >= 0.6 is 0 Å². The second-order valence-electron chi connectivity index (χ2n) is 8.10. The third-order valence-corrected chi connectivity index (χ3v) is 6.41. The van der Waals surface area contributed by atoms with Gasteiger partial charge in [-0.2, -0.15) is 0 Å². The summed E-state index contributed by atoms with van der Waals surface area (Å²) in [5, 5.41) is 0. The Morgan fingerprint density at radius 3 is 2.54 bits per heavy atom. The number of nitrogens with one attached hydrogen (secondary N) is 2. The van der Waals surface area contributed by atoms with Crippen LogP contribution in [0, 0.1) is 5.92 Å². The van der Waals surface area contributed by atoms with Gasteiger partial charge in [0.15, 0.2) is 0 Å². The third-order valence-electron chi connectivity index (χ3n) is 6.41. The first-order valence-electron chi connectivity index (χ1n) is 10.3. The fourth-order valence-electron chi connectivity index (χ4n) is 4.74. The molecule has 1 amide bonds. The predicted molar refractivity (Wildman–Crippen MR) is 104 cm³/mol. The summed E-state index contributed by atoms with van der Waals surface area (Å²) in [6, 6.07) is 9.54. The van der Waals surface area contributed by atoms with Crippen molar-refractivity contribution >= 4 is 5.91 Å². The molecule has 0 spiro atoms. The molecule has 1 aliphatic carbocycles. The largest absolute Gasteiger partial charge is 0.340 e. The number of aryl methyl sites for hydroxylation is 1. The fourth-order valence-corrected chi connectivity index (χ4v) is 4.74. The monoisotopic (exact) mass is 356 g/mol. The van der Waals surface area contributed by atoms with Gasteiger partial charge in [-0.05, 0) is 49.1 Å². The summed E-state index contributed by atoms with van der Waals surface area (Å²) in [5.74, 6) is 1.05. The summed E-state index contributed by atoms with van der Waals surface area (Å²) >= 11 is 0. The molecule has 26 heavy (non-hydrogen) atoms. The molecule has 5 heteroatoms. The minimum absolute atomic E-state index is 0.359. The van der Waals surface area contributed by atoms with Gasteiger partial charge in [0, 0.05) is 51.7 Å². The summed E-state index contributed by atoms with van der Waals surface area (Å²) in [6.07, 6.45) is 6.51. The van der Waals surface area contributed by atoms with Gasteiger partial charge in [-0.1, -0.05) is 24.3 Å². The molecule has 3 aliphatic rings. The minimum Gasteiger partial charge on any atom is -0.340 e. The fraction of sp³-hybridized carbons (Fsp3) is 0.667. The number of amides is 1. The van der Waals surface area contributed by atoms with Crippen molar-refractivity contribution in [2.45, 2.75) is 44.6 Å². The van der Waals surface area contributed by atoms with Gasteiger partial charge in [0.2, 0.25) is 5.91 Å². The smallest absolute Gasteiger partial charge is 0.222 e. The number of rotatable bonds is 5. The molecule has 1 aromatic carbocycles. The zero-order valence-corrected chi connectivity index (χ0v) is 15.8. The van der Waals surface area contributed by atoms with Crippen LogP contribution in [0.5, 0.6) is 0 Å². The lowest BCUT2D eigenvalue weighted by molar-refractivity contribution is -0.133. The third kappa shape index (κ3) is 4.27. The standard InChI is InChI=1S/C21H32N4O/c26-21(7-3-4-17-15-22-23-16-17)25-12-10-24(11-13-25)20-9-8-18-5-1-2-6-19(18)14-20/h1-2,5-6,17,20,22-23H,3-4,7-16H2. The molecule has 0 bridgehead atoms. The Kier molecular flexibility index (Phi) is 5.88. The van der Waals surface area contributed by atoms with E-state index in [0.29, 0.717) is 24.3 Å². The van der Waals surface area contributed by atoms with Gasteiger partial charge >= 0.3 is 0 Å². The highest BCUT2D eigenvalue weighted by molar-refractivity contribution is 5.76. The summed E-state index contributed by atoms with van der Waals surface area (Å²) in [6.45, 7) is 5.96. The quantitative estimate of drug-likeness (QED) is 0.841. The Hall–Kier alpha value is -1.43. The van der Waals surface area contributed by atoms with Gasteiger partial charge in [0.25, 0.3) is 0 Å². The Labute approximate surface area is 157 Å². The summed E-state index contributed by atoms with van der Waals surface area (Å²) in [4.78, 5) is 17.2. The van der Waals surface area contributed by atoms with Gasteiger partial charge in [-0.15, -0.1) is 0 Å². The molecule has 2 N–H and O–H groups in total. The van der Waals surface area contributed by atoms with Crippen molar-refractivity contribution in [2.24, 2.45) is 5.92 Å². The first kappa shape index (κ1) is 18.0. The number of hydrogen-bond acceptors (Lipinski definition) is 4. The van der Waals surface area contributed by atoms with Gasteiger partial charge < -0.3 is 4.90 Å². The van der Waals surface area contributed by atoms with Crippen LogP contribution in [0.1, 0.15) is 36.8 Å². The van der Waals surface area contributed by atoms with Crippen molar-refractivity contribution in [3.05, 3.63) is 35.4 Å². The molecule has 0 aromatic heterocycles. The summed E-state index contributed by atoms with van der Waals surface area (Å²) in [7, 11) is 0. The van der Waals surface area contributed by atoms with E-state index in [1.165, 1.54) is 30.4 Å². The number of hydrazine groups is 1. The van der Waals surface area contributed by atoms with E-state index in [4.69, 9.17) is 0 Å². The lowest BCUT2D eigenvalue weighted by atomic mass is 9.87. The van der Waals surface area contributed by atoms with Crippen molar-refractivity contribution in [3.63, 3.8) is 0 Å². The van der Waals surface area contributed by atoms with Gasteiger partial charge in [-0.3, -0.25) is 20.5 Å². The number of piperazine rings is 1. The molecule has 1 atom stereocenters. The molecule has 2 saturated heterocycles. The number of carbonyl (C=O) groups excluding carboxylic acids is 1. The molecule has 5 nitrogen and oxygen atoms in total. The molecule has 0 saturated carbocycles. The van der Waals surface area contributed by atoms with Crippen LogP contribution in [0.25, 0.3) is 0 Å². The van der Waals surface area contributed by atoms with E-state index in [1.807, 2.05) is 0 Å². The maximum absolute atomic E-state index is 12.5. The van der Waals surface area contributed by atoms with Crippen molar-refractivity contribution in [2.75, 3.05) is 39.3 Å². The first-order valence-corrected chi connectivity index (χ1v) is 10.3. The second kappa shape index (κ2) is 8.51. The SMILES string of the molecule is O=C(CCCC1CNNC1)N1CCN(C2CCc3ccccc3C2)CC1. The molecular weight excluding hydrogens is 324 g/mol. The van der Waals surface area contributed by atoms with E-state index in [-0.39, 0.29) is 0 Å². The van der Waals surface area contributed by atoms with Crippen LogP contribution in [-0.4, -0.2) is 61.0 Å². The van der Waals surface area contributed by atoms with Crippen LogP contribution < -0.4 is 10.9 Å². The highest BCUT2D eigenvalue weighted by Gasteiger charge is 2.28. The molecule has 2 heterocycles. The molecular formula is C21H32N4O. The van der Waals surface area contributed by atoms with E-state index in [9.17, 15) is 4.79 Å². The Bertz CT molecular complexity index is 606. The van der Waals surface area contributed by atoms with Crippen molar-refractivity contribution in [1.29, 1.82) is 0 Å². The molecule has 2 aliphatic heterocycles. The van der Waals surface area contributed by atoms with Crippen molar-refractivity contribution in [1.82, 2.24) is 20.7 Å². The van der Waals surface area contributed by atoms with Crippen LogP contribution in [0.4, 0.5) is 0 Å². The van der Waals surface area contributed by atoms with Crippen molar-refractivity contribution in [3.8, 4) is 0 Å². The number of benzene rings is 1. The van der Waals surface area contributed by atoms with E-state index in [1.54, 1.807) is 0 Å². The van der Waals surface area contributed by atoms with Gasteiger partial charge in [-0.25, -0.2) is 0 Å². The maximum atomic E-state index is 12.5. The average molecular weight is 357 g/mol. The van der Waals surface area contributed by atoms with Gasteiger partial charge in [0.1, 0.15) is 0 Å². The summed E-state index contributed by atoms with van der Waals surface area (Å²) in [5.41, 5.74) is 9.39. The Morgan fingerprint density at radius 1 is 1.04 bits per heavy atom. The molecule has 4 rings (SSSR count). The van der Waals surface area contributed by atoms with E-state index in [0.717, 1.165) is 52.1 Å². The zero-order chi connectivity index (χ0) is 17.8. The number of hydrogen-bond donors (Lipinski definition) is 2. The highest BCUT2D eigenvalue weighted by atomic mass is 16.2. The first-order chi connectivity index (χ1) is 12.8. The molecule has 2 fully saturated rings. The highest BCUT2D eigenvalue weighted by Crippen LogP contribution is 2.25. The second-order valence-corrected chi connectivity index (χ2v) is 8.10. The van der Waals surface area contributed by atoms with Crippen LogP contribution in [0.15, 0.2) is 24.3 Å². The van der Waals surface area contributed by atoms with Crippen molar-refractivity contribution < 1.29 is 4.79 Å². The molecule has 0 radical (unpaired) electrons. The Morgan fingerprint density at radius 2 is 1.77 bits per heavy atom. The van der Waals surface area contributed by atoms with Crippen LogP contribution in [-0.2, 0) is 17.6 Å². The lowest BCUT2D eigenvalue weighted by Crippen LogP contribution is -2.53. The van der Waals surface area contributed by atoms with Crippen LogP contribution in [0.3, 0.4) is 0 Å². The van der Waals surface area contributed by atoms with E-state index < -0.39 is 0 Å². The molecule has 1 aromatic rings. The lowest BCUT2D eigenvalue weighted by Gasteiger charge is -2.41. The van der Waals surface area contributed by atoms with E-state index >= 15 is 0 Å².